The lowest BCUT2D eigenvalue weighted by molar-refractivity contribution is 0.404. The molecule has 0 unspecified atom stereocenters. The van der Waals surface area contributed by atoms with Gasteiger partial charge in [-0.2, -0.15) is 0 Å². The van der Waals surface area contributed by atoms with Crippen molar-refractivity contribution in [2.45, 2.75) is 18.9 Å². The van der Waals surface area contributed by atoms with Gasteiger partial charge in [-0.3, -0.25) is 0 Å². The number of para-hydroxylation sites is 1. The number of nitrogens with zero attached hydrogens (tertiary/aromatic N) is 6. The molecule has 1 atom stereocenters. The lowest BCUT2D eigenvalue weighted by atomic mass is 10.1. The molecular formula is C21H20N6. The van der Waals surface area contributed by atoms with Crippen LogP contribution in [0.3, 0.4) is 0 Å². The van der Waals surface area contributed by atoms with Gasteiger partial charge in [-0.15, -0.1) is 0 Å². The van der Waals surface area contributed by atoms with Crippen molar-refractivity contribution in [2.24, 2.45) is 0 Å². The van der Waals surface area contributed by atoms with E-state index in [4.69, 9.17) is 4.98 Å². The molecule has 0 saturated carbocycles. The lowest BCUT2D eigenvalue weighted by Crippen LogP contribution is -2.37. The first-order valence-electron chi connectivity index (χ1n) is 9.29. The van der Waals surface area contributed by atoms with Crippen LogP contribution < -0.4 is 4.90 Å². The van der Waals surface area contributed by atoms with Crippen molar-refractivity contribution in [1.29, 1.82) is 0 Å². The predicted octanol–water partition coefficient (Wildman–Crippen LogP) is 3.73. The fourth-order valence-electron chi connectivity index (χ4n) is 3.81. The molecular weight excluding hydrogens is 336 g/mol. The summed E-state index contributed by atoms with van der Waals surface area (Å²) in [5.74, 6) is 1.72. The van der Waals surface area contributed by atoms with E-state index in [0.717, 1.165) is 54.3 Å². The number of fused-ring (bicyclic) bond motifs is 1. The molecule has 0 aliphatic carbocycles. The molecule has 1 aliphatic heterocycles. The number of anilines is 1. The van der Waals surface area contributed by atoms with Crippen molar-refractivity contribution >= 4 is 16.9 Å². The average molecular weight is 356 g/mol. The monoisotopic (exact) mass is 356 g/mol. The van der Waals surface area contributed by atoms with Gasteiger partial charge in [-0.25, -0.2) is 19.9 Å². The molecule has 4 aromatic rings. The summed E-state index contributed by atoms with van der Waals surface area (Å²) >= 11 is 0. The van der Waals surface area contributed by atoms with Crippen LogP contribution in [-0.2, 0) is 0 Å². The fourth-order valence-corrected chi connectivity index (χ4v) is 3.81. The van der Waals surface area contributed by atoms with Gasteiger partial charge in [0.25, 0.3) is 0 Å². The molecule has 0 bridgehead atoms. The van der Waals surface area contributed by atoms with Crippen molar-refractivity contribution in [3.8, 4) is 11.5 Å². The summed E-state index contributed by atoms with van der Waals surface area (Å²) in [4.78, 5) is 20.5. The number of piperidine rings is 1. The van der Waals surface area contributed by atoms with Gasteiger partial charge in [0, 0.05) is 43.3 Å². The lowest BCUT2D eigenvalue weighted by Gasteiger charge is -2.34. The number of rotatable bonds is 3. The number of pyridine rings is 1. The van der Waals surface area contributed by atoms with Gasteiger partial charge in [0.15, 0.2) is 5.82 Å². The first-order valence-corrected chi connectivity index (χ1v) is 9.29. The molecule has 134 valence electrons. The molecule has 0 N–H and O–H groups in total. The first kappa shape index (κ1) is 15.9. The summed E-state index contributed by atoms with van der Waals surface area (Å²) in [6, 6.07) is 14.5. The summed E-state index contributed by atoms with van der Waals surface area (Å²) in [6.07, 6.45) is 9.74. The largest absolute Gasteiger partial charge is 0.339 e. The highest BCUT2D eigenvalue weighted by Gasteiger charge is 2.25. The van der Waals surface area contributed by atoms with E-state index in [1.807, 2.05) is 30.5 Å². The van der Waals surface area contributed by atoms with Crippen LogP contribution in [0.1, 0.15) is 18.9 Å². The normalized spacial score (nSPS) is 17.3. The molecule has 3 aromatic heterocycles. The minimum Gasteiger partial charge on any atom is -0.339 e. The van der Waals surface area contributed by atoms with E-state index >= 15 is 0 Å². The quantitative estimate of drug-likeness (QED) is 0.560. The van der Waals surface area contributed by atoms with E-state index in [-0.39, 0.29) is 0 Å². The Labute approximate surface area is 157 Å². The maximum Gasteiger partial charge on any atom is 0.225 e. The molecule has 1 fully saturated rings. The van der Waals surface area contributed by atoms with Crippen LogP contribution in [0.2, 0.25) is 0 Å². The smallest absolute Gasteiger partial charge is 0.225 e. The molecule has 0 amide bonds. The van der Waals surface area contributed by atoms with E-state index in [9.17, 15) is 0 Å². The predicted molar refractivity (Wildman–Crippen MR) is 105 cm³/mol. The van der Waals surface area contributed by atoms with Gasteiger partial charge in [0.05, 0.1) is 11.6 Å². The molecule has 1 aromatic carbocycles. The van der Waals surface area contributed by atoms with E-state index in [0.29, 0.717) is 6.04 Å². The SMILES string of the molecule is c1cnc(N2CCC[C@H](n3ccnc3-c3ccc4ccccc4n3)C2)nc1. The third-order valence-corrected chi connectivity index (χ3v) is 5.12. The Morgan fingerprint density at radius 2 is 1.78 bits per heavy atom. The van der Waals surface area contributed by atoms with Crippen LogP contribution in [0.4, 0.5) is 5.95 Å². The molecule has 27 heavy (non-hydrogen) atoms. The summed E-state index contributed by atoms with van der Waals surface area (Å²) in [7, 11) is 0. The van der Waals surface area contributed by atoms with Crippen molar-refractivity contribution in [3.05, 3.63) is 67.3 Å². The van der Waals surface area contributed by atoms with Crippen LogP contribution in [-0.4, -0.2) is 37.6 Å². The third kappa shape index (κ3) is 3.03. The van der Waals surface area contributed by atoms with Crippen LogP contribution in [0, 0.1) is 0 Å². The number of aromatic nitrogens is 5. The van der Waals surface area contributed by atoms with Gasteiger partial charge < -0.3 is 9.47 Å². The second-order valence-corrected chi connectivity index (χ2v) is 6.84. The van der Waals surface area contributed by atoms with E-state index in [2.05, 4.69) is 48.8 Å². The maximum atomic E-state index is 4.83. The average Bonchev–Trinajstić information content (AvgIpc) is 3.24. The van der Waals surface area contributed by atoms with Gasteiger partial charge >= 0.3 is 0 Å². The Bertz CT molecular complexity index is 1060. The third-order valence-electron chi connectivity index (χ3n) is 5.12. The Hall–Kier alpha value is -3.28. The van der Waals surface area contributed by atoms with Gasteiger partial charge in [0.1, 0.15) is 5.69 Å². The minimum absolute atomic E-state index is 0.327. The molecule has 6 nitrogen and oxygen atoms in total. The molecule has 5 rings (SSSR count). The summed E-state index contributed by atoms with van der Waals surface area (Å²) in [5.41, 5.74) is 1.90. The van der Waals surface area contributed by atoms with Crippen LogP contribution in [0.5, 0.6) is 0 Å². The minimum atomic E-state index is 0.327. The Balaban J connectivity index is 1.47. The Morgan fingerprint density at radius 1 is 0.889 bits per heavy atom. The van der Waals surface area contributed by atoms with Crippen LogP contribution >= 0.6 is 0 Å². The van der Waals surface area contributed by atoms with E-state index in [1.165, 1.54) is 0 Å². The number of hydrogen-bond acceptors (Lipinski definition) is 5. The van der Waals surface area contributed by atoms with Crippen molar-refractivity contribution in [2.75, 3.05) is 18.0 Å². The highest BCUT2D eigenvalue weighted by atomic mass is 15.3. The van der Waals surface area contributed by atoms with E-state index < -0.39 is 0 Å². The maximum absolute atomic E-state index is 4.83. The van der Waals surface area contributed by atoms with Crippen LogP contribution in [0.25, 0.3) is 22.4 Å². The second-order valence-electron chi connectivity index (χ2n) is 6.84. The molecule has 1 aliphatic rings. The summed E-state index contributed by atoms with van der Waals surface area (Å²) in [5, 5.41) is 1.14. The zero-order valence-electron chi connectivity index (χ0n) is 14.9. The highest BCUT2D eigenvalue weighted by molar-refractivity contribution is 5.80. The van der Waals surface area contributed by atoms with Crippen molar-refractivity contribution in [1.82, 2.24) is 24.5 Å². The highest BCUT2D eigenvalue weighted by Crippen LogP contribution is 2.28. The summed E-state index contributed by atoms with van der Waals surface area (Å²) < 4.78 is 2.26. The molecule has 0 spiro atoms. The van der Waals surface area contributed by atoms with Gasteiger partial charge in [-0.1, -0.05) is 24.3 Å². The molecule has 4 heterocycles. The zero-order valence-corrected chi connectivity index (χ0v) is 14.9. The van der Waals surface area contributed by atoms with Crippen molar-refractivity contribution < 1.29 is 0 Å². The first-order chi connectivity index (χ1) is 13.4. The molecule has 0 radical (unpaired) electrons. The number of imidazole rings is 1. The van der Waals surface area contributed by atoms with Gasteiger partial charge in [0.2, 0.25) is 5.95 Å². The Morgan fingerprint density at radius 3 is 2.70 bits per heavy atom. The standard InChI is InChI=1S/C21H20N6/c1-2-7-18-16(5-1)8-9-19(25-18)20-22-12-14-27(20)17-6-3-13-26(15-17)21-23-10-4-11-24-21/h1-2,4-5,7-12,14,17H,3,6,13,15H2/t17-/m0/s1. The molecule has 1 saturated heterocycles. The second kappa shape index (κ2) is 6.79. The molecule has 6 heteroatoms. The fraction of sp³-hybridized carbons (Fsp3) is 0.238. The number of benzene rings is 1. The van der Waals surface area contributed by atoms with Gasteiger partial charge in [-0.05, 0) is 31.0 Å². The van der Waals surface area contributed by atoms with E-state index in [1.54, 1.807) is 12.4 Å². The summed E-state index contributed by atoms with van der Waals surface area (Å²) in [6.45, 7) is 1.86. The van der Waals surface area contributed by atoms with Crippen LogP contribution in [0.15, 0.2) is 67.3 Å². The van der Waals surface area contributed by atoms with Crippen molar-refractivity contribution in [3.63, 3.8) is 0 Å². The Kier molecular flexibility index (Phi) is 4.01. The zero-order chi connectivity index (χ0) is 18.1. The number of hydrogen-bond donors (Lipinski definition) is 0. The topological polar surface area (TPSA) is 59.7 Å².